The Bertz CT molecular complexity index is 1540. The molecule has 0 radical (unpaired) electrons. The first-order valence-electron chi connectivity index (χ1n) is 14.3. The van der Waals surface area contributed by atoms with Crippen LogP contribution in [0, 0.1) is 52.3 Å². The Morgan fingerprint density at radius 2 is 1.05 bits per heavy atom. The molecule has 3 aromatic rings. The lowest BCUT2D eigenvalue weighted by molar-refractivity contribution is 0.136. The zero-order valence-electron chi connectivity index (χ0n) is 25.1. The highest BCUT2D eigenvalue weighted by Gasteiger charge is 2.58. The van der Waals surface area contributed by atoms with Crippen molar-refractivity contribution in [2.24, 2.45) is 17.8 Å². The van der Waals surface area contributed by atoms with Gasteiger partial charge >= 0.3 is 0 Å². The molecule has 0 fully saturated rings. The predicted octanol–water partition coefficient (Wildman–Crippen LogP) is 8.52. The fourth-order valence-electron chi connectivity index (χ4n) is 7.01. The lowest BCUT2D eigenvalue weighted by atomic mass is 9.44. The van der Waals surface area contributed by atoms with Crippen molar-refractivity contribution in [1.29, 1.82) is 15.8 Å². The monoisotopic (exact) mass is 559 g/mol. The fourth-order valence-corrected chi connectivity index (χ4v) is 7.01. The molecule has 0 heterocycles. The second-order valence-corrected chi connectivity index (χ2v) is 12.0. The number of hydrogen-bond acceptors (Lipinski definition) is 6. The van der Waals surface area contributed by atoms with E-state index in [1.807, 2.05) is 36.4 Å². The summed E-state index contributed by atoms with van der Waals surface area (Å²) in [6.45, 7) is 13.6. The Labute approximate surface area is 249 Å². The molecule has 3 atom stereocenters. The minimum Gasteiger partial charge on any atom is -0.388 e. The SMILES string of the molecule is CC(C)C1=CC(c2ccc(OC#N)cc2)(C(C)C)C(c2ccc(OC#N)cc2)C(c2ccc(OC#N)cc2)(C(C)C)C1. The molecule has 0 bridgehead atoms. The number of hydrogen-bond donors (Lipinski definition) is 0. The Morgan fingerprint density at radius 3 is 1.43 bits per heavy atom. The van der Waals surface area contributed by atoms with Crippen molar-refractivity contribution in [2.45, 2.75) is 64.7 Å². The van der Waals surface area contributed by atoms with E-state index >= 15 is 0 Å². The van der Waals surface area contributed by atoms with E-state index in [1.54, 1.807) is 18.8 Å². The van der Waals surface area contributed by atoms with Crippen LogP contribution in [0.25, 0.3) is 0 Å². The van der Waals surface area contributed by atoms with Gasteiger partial charge in [-0.25, -0.2) is 0 Å². The molecule has 0 aromatic heterocycles. The number of nitriles is 3. The van der Waals surface area contributed by atoms with Crippen molar-refractivity contribution in [2.75, 3.05) is 0 Å². The lowest BCUT2D eigenvalue weighted by Gasteiger charge is -2.59. The normalized spacial score (nSPS) is 21.7. The van der Waals surface area contributed by atoms with Crippen LogP contribution in [0.5, 0.6) is 17.2 Å². The first kappa shape index (κ1) is 30.2. The highest BCUT2D eigenvalue weighted by atomic mass is 16.5. The minimum absolute atomic E-state index is 0.0332. The second-order valence-electron chi connectivity index (χ2n) is 12.0. The van der Waals surface area contributed by atoms with Gasteiger partial charge in [0.1, 0.15) is 17.2 Å². The first-order chi connectivity index (χ1) is 20.1. The largest absolute Gasteiger partial charge is 0.388 e. The molecule has 6 heteroatoms. The summed E-state index contributed by atoms with van der Waals surface area (Å²) >= 11 is 0. The molecule has 42 heavy (non-hydrogen) atoms. The number of benzene rings is 3. The van der Waals surface area contributed by atoms with E-state index in [2.05, 4.69) is 84.0 Å². The van der Waals surface area contributed by atoms with Crippen LogP contribution in [0.4, 0.5) is 0 Å². The van der Waals surface area contributed by atoms with E-state index in [-0.39, 0.29) is 23.2 Å². The van der Waals surface area contributed by atoms with Crippen LogP contribution in [0.1, 0.15) is 70.6 Å². The maximum absolute atomic E-state index is 9.11. The zero-order valence-corrected chi connectivity index (χ0v) is 25.1. The van der Waals surface area contributed by atoms with Crippen LogP contribution in [0.15, 0.2) is 84.4 Å². The Kier molecular flexibility index (Phi) is 8.94. The first-order valence-corrected chi connectivity index (χ1v) is 14.3. The highest BCUT2D eigenvalue weighted by molar-refractivity contribution is 5.52. The molecule has 4 rings (SSSR count). The van der Waals surface area contributed by atoms with E-state index in [1.165, 1.54) is 11.1 Å². The average molecular weight is 560 g/mol. The van der Waals surface area contributed by atoms with Crippen molar-refractivity contribution in [1.82, 2.24) is 0 Å². The molecular weight excluding hydrogens is 522 g/mol. The van der Waals surface area contributed by atoms with E-state index in [4.69, 9.17) is 30.0 Å². The molecule has 0 N–H and O–H groups in total. The summed E-state index contributed by atoms with van der Waals surface area (Å²) in [6, 6.07) is 23.8. The zero-order chi connectivity index (χ0) is 30.5. The van der Waals surface area contributed by atoms with Crippen LogP contribution >= 0.6 is 0 Å². The van der Waals surface area contributed by atoms with E-state index in [0.29, 0.717) is 23.2 Å². The van der Waals surface area contributed by atoms with Crippen LogP contribution in [-0.4, -0.2) is 0 Å². The van der Waals surface area contributed by atoms with Crippen LogP contribution < -0.4 is 14.2 Å². The van der Waals surface area contributed by atoms with Crippen molar-refractivity contribution in [3.63, 3.8) is 0 Å². The van der Waals surface area contributed by atoms with Gasteiger partial charge in [-0.2, -0.15) is 0 Å². The smallest absolute Gasteiger partial charge is 0.292 e. The van der Waals surface area contributed by atoms with Gasteiger partial charge in [0.2, 0.25) is 0 Å². The number of rotatable bonds is 9. The van der Waals surface area contributed by atoms with Crippen molar-refractivity contribution < 1.29 is 14.2 Å². The summed E-state index contributed by atoms with van der Waals surface area (Å²) in [5, 5.41) is 27.3. The quantitative estimate of drug-likeness (QED) is 0.192. The summed E-state index contributed by atoms with van der Waals surface area (Å²) in [6.07, 6.45) is 8.68. The maximum atomic E-state index is 9.11. The van der Waals surface area contributed by atoms with Gasteiger partial charge in [-0.05, 0) is 77.3 Å². The number of ether oxygens (including phenoxy) is 3. The molecule has 0 amide bonds. The van der Waals surface area contributed by atoms with Crippen molar-refractivity contribution in [3.05, 3.63) is 101 Å². The minimum atomic E-state index is -0.452. The molecule has 0 saturated carbocycles. The average Bonchev–Trinajstić information content (AvgIpc) is 2.98. The summed E-state index contributed by atoms with van der Waals surface area (Å²) in [4.78, 5) is 0. The van der Waals surface area contributed by atoms with Crippen molar-refractivity contribution in [3.8, 4) is 36.0 Å². The van der Waals surface area contributed by atoms with E-state index in [9.17, 15) is 0 Å². The molecule has 1 aliphatic rings. The third-order valence-electron chi connectivity index (χ3n) is 9.09. The van der Waals surface area contributed by atoms with Gasteiger partial charge in [0.15, 0.2) is 0 Å². The molecule has 214 valence electrons. The fraction of sp³-hybridized carbons (Fsp3) is 0.361. The van der Waals surface area contributed by atoms with Crippen LogP contribution in [-0.2, 0) is 10.8 Å². The third-order valence-corrected chi connectivity index (χ3v) is 9.09. The molecule has 0 saturated heterocycles. The molecule has 6 nitrogen and oxygen atoms in total. The van der Waals surface area contributed by atoms with Crippen LogP contribution in [0.2, 0.25) is 0 Å². The lowest BCUT2D eigenvalue weighted by Crippen LogP contribution is -2.54. The third kappa shape index (κ3) is 5.32. The predicted molar refractivity (Wildman–Crippen MR) is 161 cm³/mol. The number of allylic oxidation sites excluding steroid dienone is 2. The van der Waals surface area contributed by atoms with Gasteiger partial charge in [0.05, 0.1) is 0 Å². The molecular formula is C36H37N3O3. The Morgan fingerprint density at radius 1 is 0.619 bits per heavy atom. The number of nitrogens with zero attached hydrogens (tertiary/aromatic N) is 3. The van der Waals surface area contributed by atoms with Gasteiger partial charge in [0.25, 0.3) is 18.8 Å². The van der Waals surface area contributed by atoms with Gasteiger partial charge in [-0.15, -0.1) is 15.8 Å². The summed E-state index contributed by atoms with van der Waals surface area (Å²) < 4.78 is 15.4. The Balaban J connectivity index is 2.12. The molecule has 1 aliphatic carbocycles. The molecule has 3 aromatic carbocycles. The summed E-state index contributed by atoms with van der Waals surface area (Å²) in [7, 11) is 0. The highest BCUT2D eigenvalue weighted by Crippen LogP contribution is 2.63. The maximum Gasteiger partial charge on any atom is 0.292 e. The van der Waals surface area contributed by atoms with Gasteiger partial charge < -0.3 is 14.2 Å². The molecule has 0 aliphatic heterocycles. The van der Waals surface area contributed by atoms with E-state index in [0.717, 1.165) is 17.5 Å². The molecule has 3 unspecified atom stereocenters. The van der Waals surface area contributed by atoms with Crippen molar-refractivity contribution >= 4 is 0 Å². The summed E-state index contributed by atoms with van der Waals surface area (Å²) in [5.74, 6) is 2.17. The Hall–Kier alpha value is -4.73. The summed E-state index contributed by atoms with van der Waals surface area (Å²) in [5.41, 5.74) is 4.02. The second kappa shape index (κ2) is 12.4. The van der Waals surface area contributed by atoms with Gasteiger partial charge in [0, 0.05) is 16.7 Å². The van der Waals surface area contributed by atoms with Gasteiger partial charge in [-0.1, -0.05) is 89.6 Å². The molecule has 0 spiro atoms. The van der Waals surface area contributed by atoms with E-state index < -0.39 is 5.41 Å². The topological polar surface area (TPSA) is 99.1 Å². The van der Waals surface area contributed by atoms with Gasteiger partial charge in [-0.3, -0.25) is 0 Å². The standard InChI is InChI=1S/C36H37N3O3/c1-24(2)28-19-35(25(3)4,29-9-15-32(16-10-29)41-22-38)34(27-7-13-31(14-8-27)40-21-37)36(20-28,26(5)6)30-11-17-33(18-12-30)42-23-39/h7-19,24-26,34H,20H2,1-6H3. The van der Waals surface area contributed by atoms with Crippen LogP contribution in [0.3, 0.4) is 0 Å².